The number of amides is 2. The Morgan fingerprint density at radius 1 is 1.42 bits per heavy atom. The van der Waals surface area contributed by atoms with E-state index < -0.39 is 17.6 Å². The van der Waals surface area contributed by atoms with E-state index in [0.29, 0.717) is 10.2 Å². The van der Waals surface area contributed by atoms with Crippen molar-refractivity contribution in [2.24, 2.45) is 0 Å². The SMILES string of the molecule is Cc1cc(NC(=O)CN(C)C(=O)COc2ccc(Br)cc2F)no1. The molecule has 0 unspecified atom stereocenters. The number of benzene rings is 1. The Morgan fingerprint density at radius 3 is 2.79 bits per heavy atom. The molecule has 1 heterocycles. The first-order chi connectivity index (χ1) is 11.3. The summed E-state index contributed by atoms with van der Waals surface area (Å²) in [6, 6.07) is 5.79. The first-order valence-electron chi connectivity index (χ1n) is 6.90. The first-order valence-corrected chi connectivity index (χ1v) is 7.69. The highest BCUT2D eigenvalue weighted by Crippen LogP contribution is 2.21. The quantitative estimate of drug-likeness (QED) is 0.805. The van der Waals surface area contributed by atoms with E-state index in [2.05, 4.69) is 26.4 Å². The summed E-state index contributed by atoms with van der Waals surface area (Å²) in [7, 11) is 1.44. The van der Waals surface area contributed by atoms with Crippen molar-refractivity contribution in [1.29, 1.82) is 0 Å². The fourth-order valence-corrected chi connectivity index (χ4v) is 2.09. The van der Waals surface area contributed by atoms with Gasteiger partial charge in [0.05, 0.1) is 6.54 Å². The zero-order valence-corrected chi connectivity index (χ0v) is 14.6. The number of rotatable bonds is 6. The summed E-state index contributed by atoms with van der Waals surface area (Å²) in [4.78, 5) is 24.9. The summed E-state index contributed by atoms with van der Waals surface area (Å²) < 4.78 is 24.1. The third-order valence-corrected chi connectivity index (χ3v) is 3.44. The van der Waals surface area contributed by atoms with Gasteiger partial charge in [-0.2, -0.15) is 0 Å². The van der Waals surface area contributed by atoms with Crippen LogP contribution in [0.25, 0.3) is 0 Å². The van der Waals surface area contributed by atoms with Crippen molar-refractivity contribution in [2.45, 2.75) is 6.92 Å². The maximum absolute atomic E-state index is 13.6. The first kappa shape index (κ1) is 17.9. The van der Waals surface area contributed by atoms with Gasteiger partial charge >= 0.3 is 0 Å². The second kappa shape index (κ2) is 7.91. The summed E-state index contributed by atoms with van der Waals surface area (Å²) >= 11 is 3.13. The monoisotopic (exact) mass is 399 g/mol. The molecule has 128 valence electrons. The molecule has 0 saturated carbocycles. The molecule has 9 heteroatoms. The zero-order chi connectivity index (χ0) is 17.7. The molecule has 0 bridgehead atoms. The van der Waals surface area contributed by atoms with E-state index in [-0.39, 0.29) is 24.7 Å². The van der Waals surface area contributed by atoms with Crippen LogP contribution in [0.1, 0.15) is 5.76 Å². The average molecular weight is 400 g/mol. The van der Waals surface area contributed by atoms with Gasteiger partial charge < -0.3 is 19.5 Å². The number of aryl methyl sites for hydroxylation is 1. The van der Waals surface area contributed by atoms with Crippen LogP contribution in [0.3, 0.4) is 0 Å². The molecule has 2 rings (SSSR count). The number of nitrogens with one attached hydrogen (secondary N) is 1. The van der Waals surface area contributed by atoms with E-state index in [1.165, 1.54) is 24.1 Å². The Hall–Kier alpha value is -2.42. The molecule has 1 N–H and O–H groups in total. The van der Waals surface area contributed by atoms with Crippen LogP contribution in [0.5, 0.6) is 5.75 Å². The van der Waals surface area contributed by atoms with Crippen molar-refractivity contribution in [3.8, 4) is 5.75 Å². The molecule has 0 spiro atoms. The summed E-state index contributed by atoms with van der Waals surface area (Å²) in [5, 5.41) is 6.11. The molecule has 24 heavy (non-hydrogen) atoms. The van der Waals surface area contributed by atoms with E-state index in [1.54, 1.807) is 19.1 Å². The maximum atomic E-state index is 13.6. The Kier molecular flexibility index (Phi) is 5.91. The van der Waals surface area contributed by atoms with Gasteiger partial charge in [-0.1, -0.05) is 21.1 Å². The van der Waals surface area contributed by atoms with Crippen LogP contribution in [0.2, 0.25) is 0 Å². The van der Waals surface area contributed by atoms with Gasteiger partial charge in [0.25, 0.3) is 5.91 Å². The van der Waals surface area contributed by atoms with Crippen molar-refractivity contribution in [3.05, 3.63) is 40.3 Å². The predicted octanol–water partition coefficient (Wildman–Crippen LogP) is 2.36. The zero-order valence-electron chi connectivity index (χ0n) is 13.0. The topological polar surface area (TPSA) is 84.7 Å². The summed E-state index contributed by atoms with van der Waals surface area (Å²) in [5.41, 5.74) is 0. The van der Waals surface area contributed by atoms with Crippen molar-refractivity contribution in [3.63, 3.8) is 0 Å². The number of likely N-dealkylation sites (N-methyl/N-ethyl adjacent to an activating group) is 1. The van der Waals surface area contributed by atoms with Crippen LogP contribution < -0.4 is 10.1 Å². The minimum atomic E-state index is -0.584. The fourth-order valence-electron chi connectivity index (χ4n) is 1.75. The molecule has 7 nitrogen and oxygen atoms in total. The smallest absolute Gasteiger partial charge is 0.260 e. The summed E-state index contributed by atoms with van der Waals surface area (Å²) in [6.07, 6.45) is 0. The molecular weight excluding hydrogens is 385 g/mol. The Labute approximate surface area is 145 Å². The van der Waals surface area contributed by atoms with Gasteiger partial charge in [-0.15, -0.1) is 0 Å². The normalized spacial score (nSPS) is 10.3. The van der Waals surface area contributed by atoms with Crippen LogP contribution in [0.15, 0.2) is 33.3 Å². The molecule has 0 saturated heterocycles. The third kappa shape index (κ3) is 5.05. The van der Waals surface area contributed by atoms with E-state index in [4.69, 9.17) is 9.26 Å². The number of halogens is 2. The minimum Gasteiger partial charge on any atom is -0.481 e. The van der Waals surface area contributed by atoms with Crippen LogP contribution >= 0.6 is 15.9 Å². The summed E-state index contributed by atoms with van der Waals surface area (Å²) in [5.74, 6) is -0.703. The van der Waals surface area contributed by atoms with Crippen molar-refractivity contribution in [2.75, 3.05) is 25.5 Å². The number of anilines is 1. The number of carbonyl (C=O) groups excluding carboxylic acids is 2. The number of carbonyl (C=O) groups is 2. The van der Waals surface area contributed by atoms with Crippen LogP contribution in [0, 0.1) is 12.7 Å². The van der Waals surface area contributed by atoms with E-state index in [9.17, 15) is 14.0 Å². The highest BCUT2D eigenvalue weighted by atomic mass is 79.9. The van der Waals surface area contributed by atoms with Crippen LogP contribution in [0.4, 0.5) is 10.2 Å². The van der Waals surface area contributed by atoms with E-state index in [1.807, 2.05) is 0 Å². The standard InChI is InChI=1S/C15H15BrFN3O4/c1-9-5-13(19-24-9)18-14(21)7-20(2)15(22)8-23-12-4-3-10(16)6-11(12)17/h3-6H,7-8H2,1-2H3,(H,18,19,21). The van der Waals surface area contributed by atoms with Gasteiger partial charge in [0.15, 0.2) is 24.0 Å². The number of aromatic nitrogens is 1. The molecule has 0 radical (unpaired) electrons. The summed E-state index contributed by atoms with van der Waals surface area (Å²) in [6.45, 7) is 1.11. The van der Waals surface area contributed by atoms with Gasteiger partial charge in [-0.3, -0.25) is 9.59 Å². The van der Waals surface area contributed by atoms with Gasteiger partial charge in [-0.05, 0) is 25.1 Å². The molecule has 1 aromatic carbocycles. The van der Waals surface area contributed by atoms with Gasteiger partial charge in [0.2, 0.25) is 5.91 Å². The average Bonchev–Trinajstić information content (AvgIpc) is 2.90. The van der Waals surface area contributed by atoms with Crippen molar-refractivity contribution < 1.29 is 23.2 Å². The second-order valence-corrected chi connectivity index (χ2v) is 5.90. The van der Waals surface area contributed by atoms with E-state index in [0.717, 1.165) is 0 Å². The highest BCUT2D eigenvalue weighted by molar-refractivity contribution is 9.10. The lowest BCUT2D eigenvalue weighted by atomic mass is 10.3. The van der Waals surface area contributed by atoms with Crippen molar-refractivity contribution in [1.82, 2.24) is 10.1 Å². The van der Waals surface area contributed by atoms with Gasteiger partial charge in [0, 0.05) is 17.6 Å². The molecule has 2 aromatic rings. The predicted molar refractivity (Wildman–Crippen MR) is 87.1 cm³/mol. The van der Waals surface area contributed by atoms with Crippen molar-refractivity contribution >= 4 is 33.6 Å². The highest BCUT2D eigenvalue weighted by Gasteiger charge is 2.15. The molecule has 0 aliphatic rings. The number of hydrogen-bond donors (Lipinski definition) is 1. The third-order valence-electron chi connectivity index (χ3n) is 2.95. The number of hydrogen-bond acceptors (Lipinski definition) is 5. The molecular formula is C15H15BrFN3O4. The van der Waals surface area contributed by atoms with Crippen LogP contribution in [-0.4, -0.2) is 42.1 Å². The number of ether oxygens (including phenoxy) is 1. The lowest BCUT2D eigenvalue weighted by molar-refractivity contribution is -0.135. The number of nitrogens with zero attached hydrogens (tertiary/aromatic N) is 2. The molecule has 0 atom stereocenters. The fraction of sp³-hybridized carbons (Fsp3) is 0.267. The van der Waals surface area contributed by atoms with Crippen LogP contribution in [-0.2, 0) is 9.59 Å². The Bertz CT molecular complexity index is 750. The molecule has 0 aliphatic carbocycles. The Balaban J connectivity index is 1.82. The molecule has 0 aliphatic heterocycles. The van der Waals surface area contributed by atoms with Gasteiger partial charge in [-0.25, -0.2) is 4.39 Å². The van der Waals surface area contributed by atoms with Gasteiger partial charge in [0.1, 0.15) is 5.76 Å². The largest absolute Gasteiger partial charge is 0.481 e. The lowest BCUT2D eigenvalue weighted by Crippen LogP contribution is -2.37. The molecule has 0 fully saturated rings. The van der Waals surface area contributed by atoms with E-state index >= 15 is 0 Å². The molecule has 2 amide bonds. The maximum Gasteiger partial charge on any atom is 0.260 e. The lowest BCUT2D eigenvalue weighted by Gasteiger charge is -2.16. The minimum absolute atomic E-state index is 0.0394. The Morgan fingerprint density at radius 2 is 2.17 bits per heavy atom. The molecule has 1 aromatic heterocycles. The second-order valence-electron chi connectivity index (χ2n) is 4.98.